The van der Waals surface area contributed by atoms with Crippen LogP contribution in [-0.2, 0) is 19.7 Å². The Morgan fingerprint density at radius 2 is 1.07 bits per heavy atom. The SMILES string of the molecule is C=Cc1ccc(S(=O)(=O)c2ccc(Br)cc2)c(S(=O)(=O)c2ccc(Br)cc2)c1. The summed E-state index contributed by atoms with van der Waals surface area (Å²) in [6.45, 7) is 3.64. The van der Waals surface area contributed by atoms with E-state index in [2.05, 4.69) is 38.4 Å². The molecule has 0 saturated heterocycles. The molecule has 3 rings (SSSR count). The summed E-state index contributed by atoms with van der Waals surface area (Å²) in [6, 6.07) is 16.2. The van der Waals surface area contributed by atoms with Crippen molar-refractivity contribution in [2.24, 2.45) is 0 Å². The molecule has 0 N–H and O–H groups in total. The van der Waals surface area contributed by atoms with Gasteiger partial charge in [-0.25, -0.2) is 16.8 Å². The highest BCUT2D eigenvalue weighted by Gasteiger charge is 2.29. The molecular weight excluding hydrogens is 528 g/mol. The van der Waals surface area contributed by atoms with Crippen molar-refractivity contribution in [2.45, 2.75) is 19.6 Å². The Balaban J connectivity index is 2.28. The topological polar surface area (TPSA) is 68.3 Å². The number of rotatable bonds is 5. The summed E-state index contributed by atoms with van der Waals surface area (Å²) in [6.07, 6.45) is 1.47. The third-order valence-electron chi connectivity index (χ3n) is 4.03. The van der Waals surface area contributed by atoms with Gasteiger partial charge in [0.25, 0.3) is 0 Å². The van der Waals surface area contributed by atoms with Gasteiger partial charge in [0, 0.05) is 8.95 Å². The van der Waals surface area contributed by atoms with Crippen LogP contribution in [0.5, 0.6) is 0 Å². The van der Waals surface area contributed by atoms with E-state index in [9.17, 15) is 16.8 Å². The van der Waals surface area contributed by atoms with Crippen LogP contribution in [0.15, 0.2) is 102 Å². The van der Waals surface area contributed by atoms with Gasteiger partial charge in [-0.05, 0) is 66.2 Å². The minimum atomic E-state index is -4.08. The molecule has 0 amide bonds. The lowest BCUT2D eigenvalue weighted by Crippen LogP contribution is -2.11. The number of hydrogen-bond donors (Lipinski definition) is 0. The van der Waals surface area contributed by atoms with Gasteiger partial charge in [-0.2, -0.15) is 0 Å². The molecule has 28 heavy (non-hydrogen) atoms. The van der Waals surface area contributed by atoms with Crippen molar-refractivity contribution in [3.63, 3.8) is 0 Å². The van der Waals surface area contributed by atoms with Gasteiger partial charge >= 0.3 is 0 Å². The Bertz CT molecular complexity index is 1250. The summed E-state index contributed by atoms with van der Waals surface area (Å²) >= 11 is 6.53. The van der Waals surface area contributed by atoms with Gasteiger partial charge in [0.1, 0.15) is 0 Å². The highest BCUT2D eigenvalue weighted by Crippen LogP contribution is 2.33. The zero-order valence-corrected chi connectivity index (χ0v) is 19.1. The molecule has 0 heterocycles. The van der Waals surface area contributed by atoms with Crippen LogP contribution in [-0.4, -0.2) is 16.8 Å². The molecule has 0 aromatic heterocycles. The Labute approximate surface area is 181 Å². The van der Waals surface area contributed by atoms with Crippen LogP contribution in [0.3, 0.4) is 0 Å². The van der Waals surface area contributed by atoms with Crippen LogP contribution in [0, 0.1) is 0 Å². The minimum absolute atomic E-state index is 0.00386. The van der Waals surface area contributed by atoms with Crippen LogP contribution in [0.25, 0.3) is 6.08 Å². The Hall–Kier alpha value is -1.74. The second kappa shape index (κ2) is 7.94. The van der Waals surface area contributed by atoms with Crippen LogP contribution < -0.4 is 0 Å². The maximum absolute atomic E-state index is 13.2. The first-order valence-electron chi connectivity index (χ1n) is 7.94. The molecule has 144 valence electrons. The van der Waals surface area contributed by atoms with Gasteiger partial charge in [-0.1, -0.05) is 50.6 Å². The first-order chi connectivity index (χ1) is 13.2. The van der Waals surface area contributed by atoms with E-state index in [-0.39, 0.29) is 19.6 Å². The van der Waals surface area contributed by atoms with Crippen molar-refractivity contribution in [3.05, 3.63) is 87.8 Å². The van der Waals surface area contributed by atoms with Crippen LogP contribution >= 0.6 is 31.9 Å². The summed E-state index contributed by atoms with van der Waals surface area (Å²) in [4.78, 5) is -0.544. The van der Waals surface area contributed by atoms with Gasteiger partial charge < -0.3 is 0 Å². The second-order valence-corrected chi connectivity index (χ2v) is 11.5. The smallest absolute Gasteiger partial charge is 0.207 e. The molecule has 0 aliphatic rings. The molecule has 3 aromatic carbocycles. The van der Waals surface area contributed by atoms with E-state index in [0.29, 0.717) is 10.0 Å². The number of sulfone groups is 2. The maximum Gasteiger partial charge on any atom is 0.207 e. The fourth-order valence-electron chi connectivity index (χ4n) is 2.57. The molecule has 0 aliphatic carbocycles. The fraction of sp³-hybridized carbons (Fsp3) is 0. The summed E-state index contributed by atoms with van der Waals surface area (Å²) in [5, 5.41) is 0. The average Bonchev–Trinajstić information content (AvgIpc) is 2.68. The van der Waals surface area contributed by atoms with Crippen LogP contribution in [0.2, 0.25) is 0 Å². The molecule has 0 aliphatic heterocycles. The van der Waals surface area contributed by atoms with Crippen molar-refractivity contribution in [1.29, 1.82) is 0 Å². The maximum atomic E-state index is 13.2. The highest BCUT2D eigenvalue weighted by molar-refractivity contribution is 9.10. The van der Waals surface area contributed by atoms with Crippen molar-refractivity contribution < 1.29 is 16.8 Å². The van der Waals surface area contributed by atoms with Gasteiger partial charge in [-0.3, -0.25) is 0 Å². The molecule has 0 radical (unpaired) electrons. The third-order valence-corrected chi connectivity index (χ3v) is 8.85. The highest BCUT2D eigenvalue weighted by atomic mass is 79.9. The Morgan fingerprint density at radius 3 is 1.50 bits per heavy atom. The van der Waals surface area contributed by atoms with Crippen molar-refractivity contribution in [3.8, 4) is 0 Å². The van der Waals surface area contributed by atoms with E-state index in [1.165, 1.54) is 48.5 Å². The molecule has 0 atom stereocenters. The van der Waals surface area contributed by atoms with Gasteiger partial charge in [-0.15, -0.1) is 0 Å². The fourth-order valence-corrected chi connectivity index (χ4v) is 6.44. The lowest BCUT2D eigenvalue weighted by Gasteiger charge is -2.13. The molecule has 0 spiro atoms. The number of benzene rings is 3. The first-order valence-corrected chi connectivity index (χ1v) is 12.5. The van der Waals surface area contributed by atoms with E-state index >= 15 is 0 Å². The molecule has 0 unspecified atom stereocenters. The monoisotopic (exact) mass is 540 g/mol. The predicted molar refractivity (Wildman–Crippen MR) is 116 cm³/mol. The zero-order valence-electron chi connectivity index (χ0n) is 14.3. The van der Waals surface area contributed by atoms with Gasteiger partial charge in [0.15, 0.2) is 0 Å². The normalized spacial score (nSPS) is 11.9. The molecular formula is C20H14Br2O4S2. The minimum Gasteiger partial charge on any atom is -0.218 e. The van der Waals surface area contributed by atoms with Crippen LogP contribution in [0.4, 0.5) is 0 Å². The van der Waals surface area contributed by atoms with E-state index in [4.69, 9.17) is 0 Å². The van der Waals surface area contributed by atoms with Crippen LogP contribution in [0.1, 0.15) is 5.56 Å². The first kappa shape index (κ1) is 21.0. The summed E-state index contributed by atoms with van der Waals surface area (Å²) < 4.78 is 54.3. The molecule has 8 heteroatoms. The van der Waals surface area contributed by atoms with Gasteiger partial charge in [0.2, 0.25) is 19.7 Å². The Kier molecular flexibility index (Phi) is 5.95. The molecule has 0 bridgehead atoms. The summed E-state index contributed by atoms with van der Waals surface area (Å²) in [5.74, 6) is 0. The van der Waals surface area contributed by atoms with E-state index in [1.807, 2.05) is 0 Å². The number of halogens is 2. The molecule has 3 aromatic rings. The average molecular weight is 542 g/mol. The molecule has 0 fully saturated rings. The lowest BCUT2D eigenvalue weighted by atomic mass is 10.2. The van der Waals surface area contributed by atoms with Crippen molar-refractivity contribution >= 4 is 57.6 Å². The summed E-state index contributed by atoms with van der Waals surface area (Å²) in [5.41, 5.74) is 0.505. The lowest BCUT2D eigenvalue weighted by molar-refractivity contribution is 0.582. The second-order valence-electron chi connectivity index (χ2n) is 5.83. The van der Waals surface area contributed by atoms with E-state index in [0.717, 1.165) is 4.47 Å². The third kappa shape index (κ3) is 4.00. The molecule has 0 saturated carbocycles. The van der Waals surface area contributed by atoms with E-state index in [1.54, 1.807) is 24.3 Å². The van der Waals surface area contributed by atoms with Crippen molar-refractivity contribution in [1.82, 2.24) is 0 Å². The zero-order chi connectivity index (χ0) is 20.5. The quantitative estimate of drug-likeness (QED) is 0.426. The van der Waals surface area contributed by atoms with E-state index < -0.39 is 19.7 Å². The Morgan fingerprint density at radius 1 is 0.643 bits per heavy atom. The van der Waals surface area contributed by atoms with Gasteiger partial charge in [0.05, 0.1) is 19.6 Å². The largest absolute Gasteiger partial charge is 0.218 e. The standard InChI is InChI=1S/C20H14Br2O4S2/c1-2-14-3-12-19(27(23,24)17-8-4-15(21)5-9-17)20(13-14)28(25,26)18-10-6-16(22)7-11-18/h2-13H,1H2. The predicted octanol–water partition coefficient (Wildman–Crippen LogP) is 5.52. The van der Waals surface area contributed by atoms with Crippen molar-refractivity contribution in [2.75, 3.05) is 0 Å². The number of hydrogen-bond acceptors (Lipinski definition) is 4. The summed E-state index contributed by atoms with van der Waals surface area (Å²) in [7, 11) is -8.13. The molecule has 4 nitrogen and oxygen atoms in total.